The van der Waals surface area contributed by atoms with Crippen molar-refractivity contribution in [1.29, 1.82) is 0 Å². The van der Waals surface area contributed by atoms with Crippen LogP contribution in [0.25, 0.3) is 0 Å². The fourth-order valence-corrected chi connectivity index (χ4v) is 3.80. The topological polar surface area (TPSA) is 103 Å². The van der Waals surface area contributed by atoms with E-state index in [2.05, 4.69) is 10.0 Å². The Morgan fingerprint density at radius 1 is 1.11 bits per heavy atom. The van der Waals surface area contributed by atoms with Crippen molar-refractivity contribution in [3.05, 3.63) is 48.0 Å². The maximum Gasteiger partial charge on any atom is 0.258 e. The van der Waals surface area contributed by atoms with Crippen LogP contribution in [0.5, 0.6) is 17.2 Å². The summed E-state index contributed by atoms with van der Waals surface area (Å²) in [7, 11) is -3.56. The largest absolute Gasteiger partial charge is 0.484 e. The summed E-state index contributed by atoms with van der Waals surface area (Å²) in [4.78, 5) is 12.1. The molecule has 0 aromatic heterocycles. The molecule has 2 N–H and O–H groups in total. The van der Waals surface area contributed by atoms with Crippen LogP contribution in [0.4, 0.5) is 0 Å². The number of rotatable bonds is 8. The number of hydrogen-bond acceptors (Lipinski definition) is 6. The van der Waals surface area contributed by atoms with E-state index in [-0.39, 0.29) is 30.2 Å². The van der Waals surface area contributed by atoms with Gasteiger partial charge >= 0.3 is 0 Å². The third-order valence-electron chi connectivity index (χ3n) is 3.82. The predicted octanol–water partition coefficient (Wildman–Crippen LogP) is 1.80. The minimum atomic E-state index is -3.56. The highest BCUT2D eigenvalue weighted by Gasteiger charge is 2.16. The molecule has 9 heteroatoms. The minimum Gasteiger partial charge on any atom is -0.484 e. The average molecular weight is 406 g/mol. The molecule has 1 heterocycles. The molecular formula is C19H22N2O6S. The van der Waals surface area contributed by atoms with Gasteiger partial charge in [0.25, 0.3) is 5.91 Å². The normalized spacial score (nSPS) is 12.8. The van der Waals surface area contributed by atoms with Crippen molar-refractivity contribution < 1.29 is 27.4 Å². The lowest BCUT2D eigenvalue weighted by molar-refractivity contribution is -0.123. The molecule has 0 spiro atoms. The first kappa shape index (κ1) is 20.0. The number of amides is 1. The molecule has 1 aliphatic rings. The van der Waals surface area contributed by atoms with E-state index in [1.807, 2.05) is 12.1 Å². The molecule has 0 atom stereocenters. The molecule has 0 radical (unpaired) electrons. The zero-order valence-corrected chi connectivity index (χ0v) is 16.4. The second kappa shape index (κ2) is 8.49. The van der Waals surface area contributed by atoms with E-state index in [9.17, 15) is 13.2 Å². The van der Waals surface area contributed by atoms with Gasteiger partial charge in [-0.2, -0.15) is 0 Å². The standard InChI is InChI=1S/C19H22N2O6S/c1-13(2)21-28(23,24)16-6-4-15(5-7-16)25-11-19(22)20-10-14-3-8-17-18(9-14)27-12-26-17/h3-9,13,21H,10-12H2,1-2H3,(H,20,22). The molecule has 1 amide bonds. The Balaban J connectivity index is 1.48. The van der Waals surface area contributed by atoms with Crippen molar-refractivity contribution in [1.82, 2.24) is 10.0 Å². The summed E-state index contributed by atoms with van der Waals surface area (Å²) >= 11 is 0. The van der Waals surface area contributed by atoms with Gasteiger partial charge in [0.05, 0.1) is 4.90 Å². The van der Waals surface area contributed by atoms with Crippen LogP contribution in [0, 0.1) is 0 Å². The fourth-order valence-electron chi connectivity index (χ4n) is 2.54. The highest BCUT2D eigenvalue weighted by atomic mass is 32.2. The molecule has 2 aromatic rings. The maximum absolute atomic E-state index is 12.1. The van der Waals surface area contributed by atoms with Gasteiger partial charge < -0.3 is 19.5 Å². The van der Waals surface area contributed by atoms with Gasteiger partial charge in [0.2, 0.25) is 16.8 Å². The minimum absolute atomic E-state index is 0.140. The van der Waals surface area contributed by atoms with Crippen LogP contribution in [0.2, 0.25) is 0 Å². The quantitative estimate of drug-likeness (QED) is 0.693. The van der Waals surface area contributed by atoms with Gasteiger partial charge in [-0.15, -0.1) is 0 Å². The van der Waals surface area contributed by atoms with E-state index in [1.54, 1.807) is 19.9 Å². The molecule has 150 valence electrons. The summed E-state index contributed by atoms with van der Waals surface area (Å²) in [6.45, 7) is 3.85. The van der Waals surface area contributed by atoms with Crippen molar-refractivity contribution >= 4 is 15.9 Å². The predicted molar refractivity (Wildman–Crippen MR) is 102 cm³/mol. The maximum atomic E-state index is 12.1. The van der Waals surface area contributed by atoms with Crippen molar-refractivity contribution in [2.75, 3.05) is 13.4 Å². The second-order valence-corrected chi connectivity index (χ2v) is 8.21. The van der Waals surface area contributed by atoms with Gasteiger partial charge in [-0.05, 0) is 55.8 Å². The van der Waals surface area contributed by atoms with E-state index < -0.39 is 10.0 Å². The molecule has 3 rings (SSSR count). The Kier molecular flexibility index (Phi) is 6.05. The van der Waals surface area contributed by atoms with Gasteiger partial charge in [-0.1, -0.05) is 6.07 Å². The van der Waals surface area contributed by atoms with Gasteiger partial charge in [0, 0.05) is 12.6 Å². The summed E-state index contributed by atoms with van der Waals surface area (Å²) in [6.07, 6.45) is 0. The SMILES string of the molecule is CC(C)NS(=O)(=O)c1ccc(OCC(=O)NCc2ccc3c(c2)OCO3)cc1. The highest BCUT2D eigenvalue weighted by molar-refractivity contribution is 7.89. The Morgan fingerprint density at radius 2 is 1.82 bits per heavy atom. The number of carbonyl (C=O) groups is 1. The highest BCUT2D eigenvalue weighted by Crippen LogP contribution is 2.32. The number of carbonyl (C=O) groups excluding carboxylic acids is 1. The zero-order valence-electron chi connectivity index (χ0n) is 15.6. The van der Waals surface area contributed by atoms with E-state index in [4.69, 9.17) is 14.2 Å². The summed E-state index contributed by atoms with van der Waals surface area (Å²) in [6, 6.07) is 11.2. The van der Waals surface area contributed by atoms with Crippen LogP contribution in [0.1, 0.15) is 19.4 Å². The summed E-state index contributed by atoms with van der Waals surface area (Å²) in [5, 5.41) is 2.75. The van der Waals surface area contributed by atoms with Gasteiger partial charge in [0.1, 0.15) is 5.75 Å². The smallest absolute Gasteiger partial charge is 0.258 e. The van der Waals surface area contributed by atoms with E-state index in [0.29, 0.717) is 23.8 Å². The molecule has 2 aromatic carbocycles. The summed E-state index contributed by atoms with van der Waals surface area (Å²) in [5.74, 6) is 1.45. The van der Waals surface area contributed by atoms with Crippen LogP contribution in [-0.4, -0.2) is 33.8 Å². The van der Waals surface area contributed by atoms with Gasteiger partial charge in [0.15, 0.2) is 18.1 Å². The molecule has 0 bridgehead atoms. The first-order valence-electron chi connectivity index (χ1n) is 8.74. The molecule has 0 unspecified atom stereocenters. The Hall–Kier alpha value is -2.78. The number of sulfonamides is 1. The van der Waals surface area contributed by atoms with Crippen molar-refractivity contribution in [2.24, 2.45) is 0 Å². The number of fused-ring (bicyclic) bond motifs is 1. The van der Waals surface area contributed by atoms with Crippen LogP contribution in [0.3, 0.4) is 0 Å². The van der Waals surface area contributed by atoms with Gasteiger partial charge in [-0.25, -0.2) is 13.1 Å². The van der Waals surface area contributed by atoms with Crippen molar-refractivity contribution in [2.45, 2.75) is 31.3 Å². The molecule has 0 saturated heterocycles. The van der Waals surface area contributed by atoms with E-state index in [1.165, 1.54) is 24.3 Å². The molecule has 0 fully saturated rings. The number of nitrogens with one attached hydrogen (secondary N) is 2. The van der Waals surface area contributed by atoms with Crippen molar-refractivity contribution in [3.63, 3.8) is 0 Å². The van der Waals surface area contributed by atoms with E-state index in [0.717, 1.165) is 5.56 Å². The summed E-state index contributed by atoms with van der Waals surface area (Å²) in [5.41, 5.74) is 0.879. The number of ether oxygens (including phenoxy) is 3. The zero-order chi connectivity index (χ0) is 20.1. The average Bonchev–Trinajstić information content (AvgIpc) is 3.12. The van der Waals surface area contributed by atoms with Crippen LogP contribution in [-0.2, 0) is 21.4 Å². The van der Waals surface area contributed by atoms with Crippen LogP contribution in [0.15, 0.2) is 47.4 Å². The molecule has 8 nitrogen and oxygen atoms in total. The number of benzene rings is 2. The fraction of sp³-hybridized carbons (Fsp3) is 0.316. The lowest BCUT2D eigenvalue weighted by Gasteiger charge is -2.11. The molecule has 1 aliphatic heterocycles. The number of hydrogen-bond donors (Lipinski definition) is 2. The second-order valence-electron chi connectivity index (χ2n) is 6.50. The lowest BCUT2D eigenvalue weighted by Crippen LogP contribution is -2.30. The first-order chi connectivity index (χ1) is 13.3. The van der Waals surface area contributed by atoms with Gasteiger partial charge in [-0.3, -0.25) is 4.79 Å². The monoisotopic (exact) mass is 406 g/mol. The van der Waals surface area contributed by atoms with Crippen LogP contribution < -0.4 is 24.2 Å². The molecule has 0 saturated carbocycles. The van der Waals surface area contributed by atoms with Crippen LogP contribution >= 0.6 is 0 Å². The Bertz CT molecular complexity index is 941. The molecular weight excluding hydrogens is 384 g/mol. The Labute approximate surface area is 163 Å². The molecule has 28 heavy (non-hydrogen) atoms. The first-order valence-corrected chi connectivity index (χ1v) is 10.2. The third kappa shape index (κ3) is 5.14. The summed E-state index contributed by atoms with van der Waals surface area (Å²) < 4.78 is 42.6. The Morgan fingerprint density at radius 3 is 2.54 bits per heavy atom. The van der Waals surface area contributed by atoms with E-state index >= 15 is 0 Å². The van der Waals surface area contributed by atoms with Crippen molar-refractivity contribution in [3.8, 4) is 17.2 Å². The lowest BCUT2D eigenvalue weighted by atomic mass is 10.2. The molecule has 0 aliphatic carbocycles. The third-order valence-corrected chi connectivity index (χ3v) is 5.50.